The van der Waals surface area contributed by atoms with Crippen LogP contribution >= 0.6 is 15.2 Å². The van der Waals surface area contributed by atoms with E-state index in [1.807, 2.05) is 6.92 Å². The van der Waals surface area contributed by atoms with Crippen molar-refractivity contribution in [3.05, 3.63) is 75.3 Å². The van der Waals surface area contributed by atoms with Crippen molar-refractivity contribution in [2.24, 2.45) is 0 Å². The van der Waals surface area contributed by atoms with Gasteiger partial charge in [0.15, 0.2) is 18.8 Å². The highest BCUT2D eigenvalue weighted by Gasteiger charge is 2.45. The summed E-state index contributed by atoms with van der Waals surface area (Å²) in [5.41, 5.74) is 10.3. The molecule has 9 N–H and O–H groups in total. The van der Waals surface area contributed by atoms with Crippen LogP contribution < -0.4 is 22.8 Å². The van der Waals surface area contributed by atoms with Crippen LogP contribution in [-0.4, -0.2) is 142 Å². The second-order valence-electron chi connectivity index (χ2n) is 13.3. The van der Waals surface area contributed by atoms with Crippen molar-refractivity contribution in [1.29, 1.82) is 0 Å². The Balaban J connectivity index is 0.000000258. The van der Waals surface area contributed by atoms with Crippen LogP contribution in [0.2, 0.25) is 0 Å². The first-order valence-electron chi connectivity index (χ1n) is 19.3. The fourth-order valence-electron chi connectivity index (χ4n) is 5.64. The molecular weight excluding hydrogens is 902 g/mol. The van der Waals surface area contributed by atoms with Gasteiger partial charge in [0.05, 0.1) is 44.5 Å². The monoisotopic (exact) mass is 958 g/mol. The van der Waals surface area contributed by atoms with Gasteiger partial charge >= 0.3 is 26.6 Å². The first kappa shape index (κ1) is 53.8. The van der Waals surface area contributed by atoms with E-state index in [1.54, 1.807) is 39.8 Å². The highest BCUT2D eigenvalue weighted by atomic mass is 32.2. The molecule has 0 bridgehead atoms. The van der Waals surface area contributed by atoms with Gasteiger partial charge in [-0.1, -0.05) is 17.7 Å². The molecule has 8 unspecified atom stereocenters. The van der Waals surface area contributed by atoms with E-state index in [-0.39, 0.29) is 55.9 Å². The number of nitrogens with zero attached hydrogens (tertiary/aromatic N) is 4. The van der Waals surface area contributed by atoms with Crippen LogP contribution in [0.25, 0.3) is 0 Å². The Morgan fingerprint density at radius 1 is 0.683 bits per heavy atom. The topological polar surface area (TPSA) is 365 Å². The average Bonchev–Trinajstić information content (AvgIpc) is 3.67. The fraction of sp³-hybridized carbons (Fsp3) is 0.600. The quantitative estimate of drug-likeness (QED) is 0.0616. The molecule has 0 amide bonds. The van der Waals surface area contributed by atoms with Gasteiger partial charge < -0.3 is 69.3 Å². The Kier molecular flexibility index (Phi) is 21.1. The summed E-state index contributed by atoms with van der Waals surface area (Å²) in [6.45, 7) is 8.51. The largest absolute Gasteiger partial charge is 0.394 e. The third kappa shape index (κ3) is 15.3. The van der Waals surface area contributed by atoms with Crippen molar-refractivity contribution in [2.75, 3.05) is 63.8 Å². The molecule has 4 heterocycles. The van der Waals surface area contributed by atoms with E-state index in [4.69, 9.17) is 53.1 Å². The zero-order valence-corrected chi connectivity index (χ0v) is 37.7. The maximum Gasteiger partial charge on any atom is 0.357 e. The van der Waals surface area contributed by atoms with Gasteiger partial charge in [-0.3, -0.25) is 22.4 Å². The number of hydrogen-bond donors (Lipinski definition) is 7. The van der Waals surface area contributed by atoms with E-state index >= 15 is 0 Å². The normalized spacial score (nSPS) is 23.7. The lowest BCUT2D eigenvalue weighted by molar-refractivity contribution is -0.0649. The summed E-state index contributed by atoms with van der Waals surface area (Å²) in [6, 6.07) is 8.90. The maximum absolute atomic E-state index is 12.3. The Morgan fingerprint density at radius 3 is 1.49 bits per heavy atom. The van der Waals surface area contributed by atoms with Crippen molar-refractivity contribution < 1.29 is 79.6 Å². The van der Waals surface area contributed by atoms with Crippen molar-refractivity contribution >= 4 is 36.9 Å². The lowest BCUT2D eigenvalue weighted by atomic mass is 10.1. The van der Waals surface area contributed by atoms with Gasteiger partial charge in [-0.05, 0) is 58.9 Å². The number of rotatable bonds is 19. The van der Waals surface area contributed by atoms with Gasteiger partial charge in [-0.25, -0.2) is 9.59 Å². The molecule has 3 aromatic rings. The minimum Gasteiger partial charge on any atom is -0.394 e. The van der Waals surface area contributed by atoms with E-state index in [0.717, 1.165) is 14.7 Å². The second kappa shape index (κ2) is 24.7. The van der Waals surface area contributed by atoms with Crippen LogP contribution in [0.3, 0.4) is 0 Å². The van der Waals surface area contributed by atoms with Gasteiger partial charge in [0.1, 0.15) is 54.6 Å². The Morgan fingerprint density at radius 2 is 1.10 bits per heavy atom. The fourth-order valence-corrected chi connectivity index (χ4v) is 9.67. The molecule has 0 aliphatic carbocycles. The summed E-state index contributed by atoms with van der Waals surface area (Å²) in [7, 11) is -10.9. The molecule has 2 saturated heterocycles. The minimum atomic E-state index is -3.98. The van der Waals surface area contributed by atoms with E-state index in [0.29, 0.717) is 0 Å². The standard InChI is InChI=1S/C14H24N3O8P.C12H19O6PS.C9H13N3O5/c1-3-23-26(21,24-4-2)8-22-7-9-11(18)12(19)13(25-9)17-6-5-10(15)16-14(17)20;1-4-16-19(13,17-5-2)10-18-20(14,15)12-8-6-11(3)7-9-12;10-5-1-2-12(9(16)11-5)8-7(15)6(14)4(3-13)17-8/h5-6,9,11-13,18-19H,3-4,7-8H2,1-2H3,(H2,15,16,20);6-9H,4-5,10H2,1-3H3;1-2,4,6-8,13-15H,3H2,(H2,10,11,16). The molecule has 356 valence electrons. The van der Waals surface area contributed by atoms with Crippen molar-refractivity contribution in [1.82, 2.24) is 19.1 Å². The molecule has 0 spiro atoms. The van der Waals surface area contributed by atoms with E-state index < -0.39 is 98.7 Å². The second-order valence-corrected chi connectivity index (χ2v) is 18.9. The SMILES string of the molecule is CCOP(=O)(COCC1OC(n2ccc(N)nc2=O)C(O)C1O)OCC.CCOP(=O)(COS(=O)(=O)c1ccc(C)cc1)OCC.Nc1ccn(C2OC(CO)C(O)C2O)c(=O)n1. The number of benzene rings is 1. The van der Waals surface area contributed by atoms with Crippen LogP contribution in [0, 0.1) is 6.92 Å². The molecule has 2 fully saturated rings. The molecular formula is C35H56N6O19P2S. The van der Waals surface area contributed by atoms with Gasteiger partial charge in [0.25, 0.3) is 10.1 Å². The van der Waals surface area contributed by atoms with Crippen LogP contribution in [0.1, 0.15) is 45.7 Å². The number of nitrogens with two attached hydrogens (primary N) is 2. The number of ether oxygens (including phenoxy) is 3. The molecule has 8 atom stereocenters. The van der Waals surface area contributed by atoms with E-state index in [2.05, 4.69) is 9.97 Å². The lowest BCUT2D eigenvalue weighted by Gasteiger charge is -2.19. The molecule has 2 aromatic heterocycles. The number of nitrogen functional groups attached to an aromatic ring is 2. The van der Waals surface area contributed by atoms with E-state index in [9.17, 15) is 47.6 Å². The molecule has 0 radical (unpaired) electrons. The van der Waals surface area contributed by atoms with Gasteiger partial charge in [-0.15, -0.1) is 0 Å². The Hall–Kier alpha value is -3.53. The molecule has 2 aliphatic rings. The molecule has 0 saturated carbocycles. The predicted molar refractivity (Wildman–Crippen MR) is 222 cm³/mol. The highest BCUT2D eigenvalue weighted by molar-refractivity contribution is 7.87. The first-order valence-corrected chi connectivity index (χ1v) is 24.2. The molecule has 25 nitrogen and oxygen atoms in total. The van der Waals surface area contributed by atoms with Gasteiger partial charge in [0.2, 0.25) is 0 Å². The summed E-state index contributed by atoms with van der Waals surface area (Å²) in [5, 5.41) is 48.4. The average molecular weight is 959 g/mol. The third-order valence-electron chi connectivity index (χ3n) is 8.62. The number of hydrogen-bond acceptors (Lipinski definition) is 23. The number of anilines is 2. The van der Waals surface area contributed by atoms with Gasteiger partial charge in [0, 0.05) is 12.4 Å². The molecule has 1 aromatic carbocycles. The van der Waals surface area contributed by atoms with Crippen LogP contribution in [0.15, 0.2) is 63.3 Å². The molecule has 63 heavy (non-hydrogen) atoms. The number of aliphatic hydroxyl groups excluding tert-OH is 5. The highest BCUT2D eigenvalue weighted by Crippen LogP contribution is 2.49. The number of aromatic nitrogens is 4. The first-order chi connectivity index (χ1) is 29.7. The third-order valence-corrected chi connectivity index (χ3v) is 13.6. The van der Waals surface area contributed by atoms with Crippen molar-refractivity contribution in [2.45, 2.75) is 88.6 Å². The Labute approximate surface area is 362 Å². The van der Waals surface area contributed by atoms with Crippen LogP contribution in [0.5, 0.6) is 0 Å². The van der Waals surface area contributed by atoms with Crippen LogP contribution in [-0.2, 0) is 55.7 Å². The minimum absolute atomic E-state index is 0.00245. The van der Waals surface area contributed by atoms with Crippen molar-refractivity contribution in [3.8, 4) is 0 Å². The number of aliphatic hydroxyl groups is 5. The van der Waals surface area contributed by atoms with Crippen molar-refractivity contribution in [3.63, 3.8) is 0 Å². The predicted octanol–water partition coefficient (Wildman–Crippen LogP) is 0.0458. The summed E-state index contributed by atoms with van der Waals surface area (Å²) >= 11 is 0. The maximum atomic E-state index is 12.3. The Bertz CT molecular complexity index is 2200. The zero-order chi connectivity index (χ0) is 47.1. The summed E-state index contributed by atoms with van der Waals surface area (Å²) in [4.78, 5) is 30.4. The zero-order valence-electron chi connectivity index (χ0n) is 35.1. The van der Waals surface area contributed by atoms with Crippen LogP contribution in [0.4, 0.5) is 11.6 Å². The number of aryl methyl sites for hydroxylation is 1. The van der Waals surface area contributed by atoms with Gasteiger partial charge in [-0.2, -0.15) is 18.4 Å². The smallest absolute Gasteiger partial charge is 0.357 e. The van der Waals surface area contributed by atoms with E-state index in [1.165, 1.54) is 36.7 Å². The molecule has 28 heteroatoms. The molecule has 5 rings (SSSR count). The summed E-state index contributed by atoms with van der Waals surface area (Å²) in [6.07, 6.45) is -7.71. The summed E-state index contributed by atoms with van der Waals surface area (Å²) in [5.74, 6) is 0.0831. The summed E-state index contributed by atoms with van der Waals surface area (Å²) < 4.78 is 91.2. The molecule has 2 aliphatic heterocycles. The lowest BCUT2D eigenvalue weighted by Crippen LogP contribution is -2.36.